The summed E-state index contributed by atoms with van der Waals surface area (Å²) in [5, 5.41) is 26.4. The molecular weight excluding hydrogens is 314 g/mol. The third-order valence-corrected chi connectivity index (χ3v) is 3.62. The standard InChI is InChI=1S/C15H13N7.C3H8/c1-16-14-5-4-13(20-21-14)11-3-2-10(9-6-17-18-7-9)12-8-19-22-15(11)12;1-3-2/h2-8H,1H3,(H,16,21)(H,17,18)(H,19,22);3H2,1-2H3. The van der Waals surface area contributed by atoms with Crippen LogP contribution in [-0.4, -0.2) is 37.6 Å². The van der Waals surface area contributed by atoms with Gasteiger partial charge in [-0.05, 0) is 23.8 Å². The Morgan fingerprint density at radius 3 is 2.40 bits per heavy atom. The van der Waals surface area contributed by atoms with Crippen molar-refractivity contribution >= 4 is 16.7 Å². The third-order valence-electron chi connectivity index (χ3n) is 3.62. The van der Waals surface area contributed by atoms with Gasteiger partial charge in [0.15, 0.2) is 0 Å². The monoisotopic (exact) mass is 335 g/mol. The van der Waals surface area contributed by atoms with E-state index in [1.54, 1.807) is 6.20 Å². The topological polar surface area (TPSA) is 95.2 Å². The zero-order chi connectivity index (χ0) is 17.6. The summed E-state index contributed by atoms with van der Waals surface area (Å²) in [6, 6.07) is 7.90. The maximum absolute atomic E-state index is 4.26. The largest absolute Gasteiger partial charge is 0.372 e. The second-order valence-electron chi connectivity index (χ2n) is 5.57. The summed E-state index contributed by atoms with van der Waals surface area (Å²) in [5.74, 6) is 0.736. The Morgan fingerprint density at radius 2 is 1.76 bits per heavy atom. The zero-order valence-corrected chi connectivity index (χ0v) is 14.5. The van der Waals surface area contributed by atoms with Crippen molar-refractivity contribution in [3.8, 4) is 22.4 Å². The fourth-order valence-electron chi connectivity index (χ4n) is 2.51. The van der Waals surface area contributed by atoms with Crippen LogP contribution in [0.2, 0.25) is 0 Å². The molecule has 4 aromatic rings. The van der Waals surface area contributed by atoms with E-state index < -0.39 is 0 Å². The van der Waals surface area contributed by atoms with E-state index in [-0.39, 0.29) is 0 Å². The number of rotatable bonds is 3. The number of hydrogen-bond acceptors (Lipinski definition) is 5. The minimum absolute atomic E-state index is 0.736. The molecule has 0 radical (unpaired) electrons. The van der Waals surface area contributed by atoms with Gasteiger partial charge in [-0.15, -0.1) is 10.2 Å². The molecule has 7 nitrogen and oxygen atoms in total. The van der Waals surface area contributed by atoms with E-state index in [9.17, 15) is 0 Å². The maximum Gasteiger partial charge on any atom is 0.148 e. The van der Waals surface area contributed by atoms with Crippen molar-refractivity contribution < 1.29 is 0 Å². The highest BCUT2D eigenvalue weighted by Gasteiger charge is 2.12. The van der Waals surface area contributed by atoms with Gasteiger partial charge >= 0.3 is 0 Å². The van der Waals surface area contributed by atoms with E-state index in [1.807, 2.05) is 43.7 Å². The van der Waals surface area contributed by atoms with Crippen LogP contribution in [0.1, 0.15) is 20.3 Å². The van der Waals surface area contributed by atoms with Crippen LogP contribution in [-0.2, 0) is 0 Å². The minimum atomic E-state index is 0.736. The molecule has 25 heavy (non-hydrogen) atoms. The molecule has 3 aromatic heterocycles. The van der Waals surface area contributed by atoms with Crippen molar-refractivity contribution in [1.29, 1.82) is 0 Å². The van der Waals surface area contributed by atoms with Crippen LogP contribution in [0.5, 0.6) is 0 Å². The number of H-pyrrole nitrogens is 2. The molecule has 0 atom stereocenters. The molecule has 0 aliphatic rings. The number of hydrogen-bond donors (Lipinski definition) is 3. The van der Waals surface area contributed by atoms with E-state index >= 15 is 0 Å². The minimum Gasteiger partial charge on any atom is -0.372 e. The lowest BCUT2D eigenvalue weighted by atomic mass is 10.0. The van der Waals surface area contributed by atoms with Crippen LogP contribution in [0.4, 0.5) is 5.82 Å². The summed E-state index contributed by atoms with van der Waals surface area (Å²) < 4.78 is 0. The Hall–Kier alpha value is -3.22. The van der Waals surface area contributed by atoms with Crippen LogP contribution in [0.15, 0.2) is 42.9 Å². The van der Waals surface area contributed by atoms with Crippen molar-refractivity contribution in [1.82, 2.24) is 30.6 Å². The molecule has 0 saturated heterocycles. The molecule has 0 saturated carbocycles. The van der Waals surface area contributed by atoms with E-state index in [0.29, 0.717) is 0 Å². The third kappa shape index (κ3) is 3.35. The molecule has 128 valence electrons. The molecule has 0 fully saturated rings. The molecule has 0 unspecified atom stereocenters. The lowest BCUT2D eigenvalue weighted by molar-refractivity contribution is 1.04. The van der Waals surface area contributed by atoms with Crippen molar-refractivity contribution in [3.63, 3.8) is 0 Å². The summed E-state index contributed by atoms with van der Waals surface area (Å²) in [7, 11) is 1.82. The number of fused-ring (bicyclic) bond motifs is 1. The van der Waals surface area contributed by atoms with E-state index in [2.05, 4.69) is 49.8 Å². The lowest BCUT2D eigenvalue weighted by Gasteiger charge is -2.06. The molecule has 0 aliphatic carbocycles. The number of aromatic amines is 2. The number of nitrogens with one attached hydrogen (secondary N) is 3. The average molecular weight is 335 g/mol. The predicted molar refractivity (Wildman–Crippen MR) is 100 cm³/mol. The second-order valence-corrected chi connectivity index (χ2v) is 5.57. The second kappa shape index (κ2) is 7.57. The first kappa shape index (κ1) is 16.6. The quantitative estimate of drug-likeness (QED) is 0.528. The summed E-state index contributed by atoms with van der Waals surface area (Å²) in [6.07, 6.45) is 6.72. The molecule has 0 amide bonds. The molecule has 3 heterocycles. The smallest absolute Gasteiger partial charge is 0.148 e. The van der Waals surface area contributed by atoms with Gasteiger partial charge < -0.3 is 5.32 Å². The fraction of sp³-hybridized carbons (Fsp3) is 0.222. The fourth-order valence-corrected chi connectivity index (χ4v) is 2.51. The molecule has 3 N–H and O–H groups in total. The number of nitrogens with zero attached hydrogens (tertiary/aromatic N) is 4. The highest BCUT2D eigenvalue weighted by Crippen LogP contribution is 2.33. The summed E-state index contributed by atoms with van der Waals surface area (Å²) in [5.41, 5.74) is 4.79. The summed E-state index contributed by atoms with van der Waals surface area (Å²) in [4.78, 5) is 0. The first-order chi connectivity index (χ1) is 12.3. The van der Waals surface area contributed by atoms with Crippen LogP contribution in [0.25, 0.3) is 33.3 Å². The number of anilines is 1. The molecule has 7 heteroatoms. The van der Waals surface area contributed by atoms with Gasteiger partial charge in [0.2, 0.25) is 0 Å². The highest BCUT2D eigenvalue weighted by atomic mass is 15.2. The molecule has 0 spiro atoms. The summed E-state index contributed by atoms with van der Waals surface area (Å²) in [6.45, 7) is 4.25. The predicted octanol–water partition coefficient (Wildman–Crippen LogP) is 3.87. The van der Waals surface area contributed by atoms with Crippen molar-refractivity contribution in [3.05, 3.63) is 42.9 Å². The van der Waals surface area contributed by atoms with Crippen molar-refractivity contribution in [2.75, 3.05) is 12.4 Å². The Balaban J connectivity index is 0.000000569. The number of benzene rings is 1. The Morgan fingerprint density at radius 1 is 0.960 bits per heavy atom. The van der Waals surface area contributed by atoms with Crippen LogP contribution < -0.4 is 5.32 Å². The van der Waals surface area contributed by atoms with Crippen LogP contribution in [0, 0.1) is 0 Å². The Bertz CT molecular complexity index is 924. The van der Waals surface area contributed by atoms with Gasteiger partial charge in [-0.25, -0.2) is 0 Å². The molecule has 1 aromatic carbocycles. The van der Waals surface area contributed by atoms with Gasteiger partial charge in [-0.2, -0.15) is 10.2 Å². The van der Waals surface area contributed by atoms with E-state index in [1.165, 1.54) is 6.42 Å². The van der Waals surface area contributed by atoms with Crippen molar-refractivity contribution in [2.24, 2.45) is 0 Å². The maximum atomic E-state index is 4.26. The van der Waals surface area contributed by atoms with Crippen LogP contribution in [0.3, 0.4) is 0 Å². The van der Waals surface area contributed by atoms with Gasteiger partial charge in [-0.3, -0.25) is 10.2 Å². The van der Waals surface area contributed by atoms with Gasteiger partial charge in [0.1, 0.15) is 5.82 Å². The normalized spacial score (nSPS) is 10.4. The van der Waals surface area contributed by atoms with Gasteiger partial charge in [0.25, 0.3) is 0 Å². The molecule has 4 rings (SSSR count). The van der Waals surface area contributed by atoms with Crippen LogP contribution >= 0.6 is 0 Å². The van der Waals surface area contributed by atoms with E-state index in [0.717, 1.165) is 39.1 Å². The van der Waals surface area contributed by atoms with E-state index in [4.69, 9.17) is 0 Å². The van der Waals surface area contributed by atoms with Crippen molar-refractivity contribution in [2.45, 2.75) is 20.3 Å². The lowest BCUT2D eigenvalue weighted by Crippen LogP contribution is -1.95. The van der Waals surface area contributed by atoms with Gasteiger partial charge in [-0.1, -0.05) is 26.3 Å². The highest BCUT2D eigenvalue weighted by molar-refractivity contribution is 6.01. The zero-order valence-electron chi connectivity index (χ0n) is 14.5. The molecule has 0 bridgehead atoms. The Labute approximate surface area is 145 Å². The van der Waals surface area contributed by atoms with Gasteiger partial charge in [0, 0.05) is 29.8 Å². The summed E-state index contributed by atoms with van der Waals surface area (Å²) >= 11 is 0. The molecular formula is C18H21N7. The Kier molecular flexibility index (Phi) is 5.03. The molecule has 0 aliphatic heterocycles. The number of aromatic nitrogens is 6. The van der Waals surface area contributed by atoms with Gasteiger partial charge in [0.05, 0.1) is 23.6 Å². The first-order valence-electron chi connectivity index (χ1n) is 8.25. The SMILES string of the molecule is CCC.CNc1ccc(-c2ccc(-c3cn[nH]c3)c3cn[nH]c23)nn1. The average Bonchev–Trinajstić information content (AvgIpc) is 3.33. The first-order valence-corrected chi connectivity index (χ1v) is 8.25.